The molecule has 1 aromatic carbocycles. The van der Waals surface area contributed by atoms with E-state index in [2.05, 4.69) is 4.90 Å². The lowest BCUT2D eigenvalue weighted by Crippen LogP contribution is -2.26. The van der Waals surface area contributed by atoms with E-state index < -0.39 is 0 Å². The average molecular weight is 233 g/mol. The first-order valence-electron chi connectivity index (χ1n) is 6.08. The second-order valence-corrected chi connectivity index (χ2v) is 4.44. The Kier molecular flexibility index (Phi) is 4.43. The lowest BCUT2D eigenvalue weighted by atomic mass is 9.97. The van der Waals surface area contributed by atoms with Gasteiger partial charge in [0, 0.05) is 19.6 Å². The number of halogens is 1. The van der Waals surface area contributed by atoms with Crippen LogP contribution in [0.25, 0.3) is 0 Å². The normalized spacial score (nSPS) is 20.6. The minimum atomic E-state index is -0.236. The van der Waals surface area contributed by atoms with E-state index in [1.54, 1.807) is 0 Å². The van der Waals surface area contributed by atoms with Gasteiger partial charge in [-0.2, -0.15) is 0 Å². The Morgan fingerprint density at radius 3 is 2.82 bits per heavy atom. The van der Waals surface area contributed by atoms with Gasteiger partial charge in [-0.05, 0) is 25.0 Å². The smallest absolute Gasteiger partial charge is 0.119 e. The second-order valence-electron chi connectivity index (χ2n) is 4.44. The fraction of sp³-hybridized carbons (Fsp3) is 0.538. The van der Waals surface area contributed by atoms with E-state index in [1.165, 1.54) is 0 Å². The lowest BCUT2D eigenvalue weighted by Gasteiger charge is -2.16. The van der Waals surface area contributed by atoms with E-state index in [0.717, 1.165) is 37.3 Å². The largest absolute Gasteiger partial charge is 0.489 e. The predicted molar refractivity (Wildman–Crippen MR) is 67.9 cm³/mol. The van der Waals surface area contributed by atoms with E-state index >= 15 is 0 Å². The van der Waals surface area contributed by atoms with Gasteiger partial charge in [-0.1, -0.05) is 17.6 Å². The third-order valence-electron chi connectivity index (χ3n) is 3.02. The summed E-state index contributed by atoms with van der Waals surface area (Å²) in [7, 11) is 5.61. The summed E-state index contributed by atoms with van der Waals surface area (Å²) in [4.78, 5) is 2.25. The van der Waals surface area contributed by atoms with E-state index in [-0.39, 0.29) is 12.8 Å². The molecule has 1 aliphatic rings. The van der Waals surface area contributed by atoms with E-state index in [0.29, 0.717) is 6.42 Å². The molecule has 1 aliphatic heterocycles. The molecule has 1 atom stereocenters. The van der Waals surface area contributed by atoms with Crippen molar-refractivity contribution in [2.24, 2.45) is 0 Å². The summed E-state index contributed by atoms with van der Waals surface area (Å²) >= 11 is 0. The molecular weight excluding hydrogens is 216 g/mol. The van der Waals surface area contributed by atoms with Gasteiger partial charge in [0.15, 0.2) is 0 Å². The molecule has 1 fully saturated rings. The first kappa shape index (κ1) is 12.4. The van der Waals surface area contributed by atoms with Crippen LogP contribution in [0, 0.1) is 0 Å². The Hall–Kier alpha value is -1.03. The van der Waals surface area contributed by atoms with Crippen LogP contribution in [0.15, 0.2) is 24.3 Å². The highest BCUT2D eigenvalue weighted by atomic mass is 19.1. The van der Waals surface area contributed by atoms with Crippen molar-refractivity contribution in [1.82, 2.24) is 4.90 Å². The number of nitrogens with zero attached hydrogens (tertiary/aromatic N) is 1. The Labute approximate surface area is 103 Å². The van der Waals surface area contributed by atoms with Gasteiger partial charge in [0.25, 0.3) is 0 Å². The number of rotatable bonds is 5. The highest BCUT2D eigenvalue weighted by molar-refractivity contribution is 6.32. The highest BCUT2D eigenvalue weighted by Crippen LogP contribution is 2.17. The fourth-order valence-electron chi connectivity index (χ4n) is 2.12. The van der Waals surface area contributed by atoms with E-state index in [9.17, 15) is 4.39 Å². The molecular formula is C13H17BFNO. The van der Waals surface area contributed by atoms with Gasteiger partial charge < -0.3 is 4.74 Å². The van der Waals surface area contributed by atoms with Crippen LogP contribution in [-0.4, -0.2) is 45.2 Å². The van der Waals surface area contributed by atoms with Crippen molar-refractivity contribution < 1.29 is 9.13 Å². The third-order valence-corrected chi connectivity index (χ3v) is 3.02. The molecule has 4 heteroatoms. The van der Waals surface area contributed by atoms with Gasteiger partial charge in [-0.15, -0.1) is 0 Å². The molecule has 90 valence electrons. The maximum atomic E-state index is 12.1. The number of ether oxygens (including phenoxy) is 1. The molecule has 2 nitrogen and oxygen atoms in total. The maximum Gasteiger partial charge on any atom is 0.119 e. The van der Waals surface area contributed by atoms with Gasteiger partial charge in [-0.3, -0.25) is 9.29 Å². The summed E-state index contributed by atoms with van der Waals surface area (Å²) in [5, 5.41) is 0. The van der Waals surface area contributed by atoms with Crippen LogP contribution in [0.3, 0.4) is 0 Å². The summed E-state index contributed by atoms with van der Waals surface area (Å²) in [6.45, 7) is 2.49. The molecule has 0 amide bonds. The number of hydrogen-bond acceptors (Lipinski definition) is 2. The zero-order valence-corrected chi connectivity index (χ0v) is 9.94. The van der Waals surface area contributed by atoms with Gasteiger partial charge in [0.05, 0.1) is 6.67 Å². The van der Waals surface area contributed by atoms with Crippen molar-refractivity contribution in [3.8, 4) is 5.75 Å². The van der Waals surface area contributed by atoms with Crippen molar-refractivity contribution in [3.05, 3.63) is 24.3 Å². The van der Waals surface area contributed by atoms with Crippen LogP contribution in [0.5, 0.6) is 5.75 Å². The van der Waals surface area contributed by atoms with Gasteiger partial charge >= 0.3 is 0 Å². The molecule has 0 unspecified atom stereocenters. The topological polar surface area (TPSA) is 12.5 Å². The van der Waals surface area contributed by atoms with Crippen LogP contribution in [0.1, 0.15) is 12.8 Å². The first-order chi connectivity index (χ1) is 8.28. The zero-order valence-electron chi connectivity index (χ0n) is 9.94. The van der Waals surface area contributed by atoms with Crippen LogP contribution >= 0.6 is 0 Å². The van der Waals surface area contributed by atoms with Crippen LogP contribution in [-0.2, 0) is 0 Å². The van der Waals surface area contributed by atoms with Gasteiger partial charge in [-0.25, -0.2) is 0 Å². The van der Waals surface area contributed by atoms with Crippen LogP contribution in [0.4, 0.5) is 4.39 Å². The summed E-state index contributed by atoms with van der Waals surface area (Å²) < 4.78 is 17.9. The second kappa shape index (κ2) is 6.06. The summed E-state index contributed by atoms with van der Waals surface area (Å²) in [5.41, 5.74) is 0.744. The standard InChI is InChI=1S/C13H17BFNO/c14-11-2-4-12(5-3-11)17-13-6-9-16(10-13)8-1-7-15/h2-5,13H,1,6-10H2/t13-/m0/s1. The first-order valence-corrected chi connectivity index (χ1v) is 6.08. The molecule has 1 aromatic rings. The van der Waals surface area contributed by atoms with Gasteiger partial charge in [0.2, 0.25) is 0 Å². The Morgan fingerprint density at radius 1 is 1.35 bits per heavy atom. The van der Waals surface area contributed by atoms with Crippen LogP contribution in [0.2, 0.25) is 0 Å². The van der Waals surface area contributed by atoms with Crippen molar-refractivity contribution >= 4 is 13.3 Å². The Morgan fingerprint density at radius 2 is 2.12 bits per heavy atom. The molecule has 0 aliphatic carbocycles. The molecule has 0 spiro atoms. The summed E-state index contributed by atoms with van der Waals surface area (Å²) in [6, 6.07) is 7.45. The van der Waals surface area contributed by atoms with E-state index in [1.807, 2.05) is 24.3 Å². The van der Waals surface area contributed by atoms with Crippen LogP contribution < -0.4 is 10.2 Å². The molecule has 17 heavy (non-hydrogen) atoms. The SMILES string of the molecule is [B]c1ccc(O[C@H]2CCN(CCCF)C2)cc1. The third kappa shape index (κ3) is 3.74. The monoisotopic (exact) mass is 233 g/mol. The predicted octanol–water partition coefficient (Wildman–Crippen LogP) is 1.29. The Bertz CT molecular complexity index is 344. The maximum absolute atomic E-state index is 12.1. The van der Waals surface area contributed by atoms with Crippen molar-refractivity contribution in [2.75, 3.05) is 26.3 Å². The number of benzene rings is 1. The molecule has 0 N–H and O–H groups in total. The summed E-state index contributed by atoms with van der Waals surface area (Å²) in [5.74, 6) is 0.858. The molecule has 0 bridgehead atoms. The highest BCUT2D eigenvalue weighted by Gasteiger charge is 2.23. The van der Waals surface area contributed by atoms with Gasteiger partial charge in [0.1, 0.15) is 19.7 Å². The molecule has 0 saturated carbocycles. The van der Waals surface area contributed by atoms with Crippen molar-refractivity contribution in [1.29, 1.82) is 0 Å². The fourth-order valence-corrected chi connectivity index (χ4v) is 2.12. The zero-order chi connectivity index (χ0) is 12.1. The number of likely N-dealkylation sites (tertiary alicyclic amines) is 1. The summed E-state index contributed by atoms with van der Waals surface area (Å²) in [6.07, 6.45) is 1.85. The Balaban J connectivity index is 1.79. The van der Waals surface area contributed by atoms with E-state index in [4.69, 9.17) is 12.6 Å². The van der Waals surface area contributed by atoms with Crippen molar-refractivity contribution in [2.45, 2.75) is 18.9 Å². The average Bonchev–Trinajstić information content (AvgIpc) is 2.77. The molecule has 1 heterocycles. The molecule has 2 rings (SSSR count). The number of alkyl halides is 1. The molecule has 1 saturated heterocycles. The quantitative estimate of drug-likeness (QED) is 0.710. The minimum absolute atomic E-state index is 0.221. The molecule has 2 radical (unpaired) electrons. The number of hydrogen-bond donors (Lipinski definition) is 0. The molecule has 0 aromatic heterocycles. The van der Waals surface area contributed by atoms with Crippen molar-refractivity contribution in [3.63, 3.8) is 0 Å². The minimum Gasteiger partial charge on any atom is -0.489 e. The lowest BCUT2D eigenvalue weighted by molar-refractivity contribution is 0.198.